The molecule has 0 aliphatic rings. The summed E-state index contributed by atoms with van der Waals surface area (Å²) in [7, 11) is 0. The molecule has 1 amide bonds. The summed E-state index contributed by atoms with van der Waals surface area (Å²) in [6.45, 7) is -0.131. The molecule has 0 aliphatic heterocycles. The minimum Gasteiger partial charge on any atom is -0.483 e. The van der Waals surface area contributed by atoms with E-state index in [1.807, 2.05) is 66.7 Å². The monoisotopic (exact) mass is 414 g/mol. The molecular formula is C19H15BrN2O2S. The van der Waals surface area contributed by atoms with Crippen LogP contribution in [0.5, 0.6) is 5.75 Å². The lowest BCUT2D eigenvalue weighted by molar-refractivity contribution is -0.121. The fourth-order valence-corrected chi connectivity index (χ4v) is 3.15. The van der Waals surface area contributed by atoms with Gasteiger partial charge in [0.25, 0.3) is 5.91 Å². The number of carbonyl (C=O) groups excluding carboxylic acids is 1. The zero-order chi connectivity index (χ0) is 17.6. The van der Waals surface area contributed by atoms with Crippen LogP contribution in [0, 0.1) is 0 Å². The molecular weight excluding hydrogens is 400 g/mol. The molecule has 0 radical (unpaired) electrons. The molecule has 0 heterocycles. The highest BCUT2D eigenvalue weighted by molar-refractivity contribution is 9.10. The van der Waals surface area contributed by atoms with Crippen molar-refractivity contribution in [3.8, 4) is 5.75 Å². The van der Waals surface area contributed by atoms with Gasteiger partial charge in [-0.2, -0.15) is 0 Å². The van der Waals surface area contributed by atoms with Crippen molar-refractivity contribution >= 4 is 55.6 Å². The second-order valence-corrected chi connectivity index (χ2v) is 6.46. The first-order chi connectivity index (χ1) is 12.1. The second-order valence-electron chi connectivity index (χ2n) is 5.26. The van der Waals surface area contributed by atoms with E-state index in [1.54, 1.807) is 0 Å². The Balaban J connectivity index is 1.57. The fourth-order valence-electron chi connectivity index (χ4n) is 2.31. The van der Waals surface area contributed by atoms with Crippen LogP contribution in [0.15, 0.2) is 71.2 Å². The van der Waals surface area contributed by atoms with E-state index >= 15 is 0 Å². The number of para-hydroxylation sites is 1. The van der Waals surface area contributed by atoms with Crippen molar-refractivity contribution in [2.75, 3.05) is 11.9 Å². The number of anilines is 1. The van der Waals surface area contributed by atoms with Crippen LogP contribution in [-0.2, 0) is 4.79 Å². The number of carbonyl (C=O) groups is 1. The lowest BCUT2D eigenvalue weighted by Crippen LogP contribution is -2.37. The molecule has 4 nitrogen and oxygen atoms in total. The van der Waals surface area contributed by atoms with Crippen molar-refractivity contribution in [1.82, 2.24) is 5.32 Å². The molecule has 3 aromatic carbocycles. The van der Waals surface area contributed by atoms with Gasteiger partial charge in [0.2, 0.25) is 0 Å². The average Bonchev–Trinajstić information content (AvgIpc) is 2.62. The van der Waals surface area contributed by atoms with Gasteiger partial charge in [-0.05, 0) is 57.1 Å². The SMILES string of the molecule is O=C(COc1ccc2ccccc2c1Br)NC(=S)Nc1ccccc1. The minimum atomic E-state index is -0.325. The minimum absolute atomic E-state index is 0.131. The molecule has 0 bridgehead atoms. The summed E-state index contributed by atoms with van der Waals surface area (Å²) in [5.41, 5.74) is 0.811. The zero-order valence-electron chi connectivity index (χ0n) is 13.2. The third kappa shape index (κ3) is 4.55. The van der Waals surface area contributed by atoms with Crippen molar-refractivity contribution in [1.29, 1.82) is 0 Å². The van der Waals surface area contributed by atoms with Crippen LogP contribution in [0.25, 0.3) is 10.8 Å². The first-order valence-corrected chi connectivity index (χ1v) is 8.79. The third-order valence-electron chi connectivity index (χ3n) is 3.47. The fraction of sp³-hybridized carbons (Fsp3) is 0.0526. The standard InChI is InChI=1S/C19H15BrN2O2S/c20-18-15-9-5-4-6-13(15)10-11-16(18)24-12-17(23)22-19(25)21-14-7-2-1-3-8-14/h1-11H,12H2,(H2,21,22,23,25). The number of hydrogen-bond donors (Lipinski definition) is 2. The Morgan fingerprint density at radius 1 is 1.00 bits per heavy atom. The van der Waals surface area contributed by atoms with Gasteiger partial charge in [-0.15, -0.1) is 0 Å². The number of amides is 1. The summed E-state index contributed by atoms with van der Waals surface area (Å²) in [6.07, 6.45) is 0. The number of thiocarbonyl (C=S) groups is 1. The van der Waals surface area contributed by atoms with Crippen LogP contribution in [-0.4, -0.2) is 17.6 Å². The Labute approximate surface area is 159 Å². The number of nitrogens with one attached hydrogen (secondary N) is 2. The van der Waals surface area contributed by atoms with Crippen LogP contribution < -0.4 is 15.4 Å². The Morgan fingerprint density at radius 2 is 1.72 bits per heavy atom. The van der Waals surface area contributed by atoms with Gasteiger partial charge in [-0.25, -0.2) is 0 Å². The Bertz CT molecular complexity index is 916. The molecule has 0 spiro atoms. The van der Waals surface area contributed by atoms with Gasteiger partial charge in [0, 0.05) is 5.69 Å². The van der Waals surface area contributed by atoms with E-state index in [0.29, 0.717) is 5.75 Å². The summed E-state index contributed by atoms with van der Waals surface area (Å²) in [4.78, 5) is 12.0. The average molecular weight is 415 g/mol. The maximum absolute atomic E-state index is 12.0. The van der Waals surface area contributed by atoms with Gasteiger partial charge in [0.05, 0.1) is 4.47 Å². The summed E-state index contributed by atoms with van der Waals surface area (Å²) < 4.78 is 6.43. The molecule has 0 aromatic heterocycles. The van der Waals surface area contributed by atoms with Crippen molar-refractivity contribution in [2.24, 2.45) is 0 Å². The van der Waals surface area contributed by atoms with Gasteiger partial charge in [-0.3, -0.25) is 10.1 Å². The van der Waals surface area contributed by atoms with E-state index in [4.69, 9.17) is 17.0 Å². The molecule has 0 fully saturated rings. The van der Waals surface area contributed by atoms with E-state index in [9.17, 15) is 4.79 Å². The lowest BCUT2D eigenvalue weighted by atomic mass is 10.1. The summed E-state index contributed by atoms with van der Waals surface area (Å²) in [5.74, 6) is 0.282. The highest BCUT2D eigenvalue weighted by Gasteiger charge is 2.10. The van der Waals surface area contributed by atoms with Gasteiger partial charge < -0.3 is 10.1 Å². The number of halogens is 1. The number of rotatable bonds is 4. The van der Waals surface area contributed by atoms with Gasteiger partial charge in [-0.1, -0.05) is 48.5 Å². The van der Waals surface area contributed by atoms with E-state index < -0.39 is 0 Å². The highest BCUT2D eigenvalue weighted by Crippen LogP contribution is 2.32. The second kappa shape index (κ2) is 8.09. The van der Waals surface area contributed by atoms with Crippen LogP contribution in [0.3, 0.4) is 0 Å². The first kappa shape index (κ1) is 17.4. The predicted molar refractivity (Wildman–Crippen MR) is 108 cm³/mol. The van der Waals surface area contributed by atoms with Crippen LogP contribution in [0.1, 0.15) is 0 Å². The Kier molecular flexibility index (Phi) is 5.63. The smallest absolute Gasteiger partial charge is 0.264 e. The van der Waals surface area contributed by atoms with Gasteiger partial charge in [0.15, 0.2) is 11.7 Å². The topological polar surface area (TPSA) is 50.4 Å². The molecule has 0 atom stereocenters. The molecule has 126 valence electrons. The number of fused-ring (bicyclic) bond motifs is 1. The van der Waals surface area contributed by atoms with Crippen LogP contribution in [0.2, 0.25) is 0 Å². The molecule has 25 heavy (non-hydrogen) atoms. The molecule has 0 saturated carbocycles. The summed E-state index contributed by atoms with van der Waals surface area (Å²) >= 11 is 8.66. The summed E-state index contributed by atoms with van der Waals surface area (Å²) in [6, 6.07) is 21.1. The molecule has 0 unspecified atom stereocenters. The van der Waals surface area contributed by atoms with Crippen molar-refractivity contribution in [3.05, 3.63) is 71.2 Å². The maximum atomic E-state index is 12.0. The Hall–Kier alpha value is -2.44. The van der Waals surface area contributed by atoms with E-state index in [-0.39, 0.29) is 17.6 Å². The molecule has 3 aromatic rings. The largest absolute Gasteiger partial charge is 0.483 e. The molecule has 0 saturated heterocycles. The zero-order valence-corrected chi connectivity index (χ0v) is 15.6. The van der Waals surface area contributed by atoms with Crippen molar-refractivity contribution in [3.63, 3.8) is 0 Å². The molecule has 3 rings (SSSR count). The molecule has 6 heteroatoms. The quantitative estimate of drug-likeness (QED) is 0.617. The van der Waals surface area contributed by atoms with Gasteiger partial charge >= 0.3 is 0 Å². The number of benzene rings is 3. The van der Waals surface area contributed by atoms with Gasteiger partial charge in [0.1, 0.15) is 5.75 Å². The summed E-state index contributed by atoms with van der Waals surface area (Å²) in [5, 5.41) is 7.90. The first-order valence-electron chi connectivity index (χ1n) is 7.59. The molecule has 0 aliphatic carbocycles. The van der Waals surface area contributed by atoms with Crippen molar-refractivity contribution < 1.29 is 9.53 Å². The predicted octanol–water partition coefficient (Wildman–Crippen LogP) is 4.49. The maximum Gasteiger partial charge on any atom is 0.264 e. The van der Waals surface area contributed by atoms with E-state index in [0.717, 1.165) is 20.9 Å². The normalized spacial score (nSPS) is 10.3. The Morgan fingerprint density at radius 3 is 2.52 bits per heavy atom. The third-order valence-corrected chi connectivity index (χ3v) is 4.49. The van der Waals surface area contributed by atoms with E-state index in [2.05, 4.69) is 26.6 Å². The van der Waals surface area contributed by atoms with E-state index in [1.165, 1.54) is 0 Å². The van der Waals surface area contributed by atoms with Crippen LogP contribution in [0.4, 0.5) is 5.69 Å². The lowest BCUT2D eigenvalue weighted by Gasteiger charge is -2.12. The highest BCUT2D eigenvalue weighted by atomic mass is 79.9. The molecule has 2 N–H and O–H groups in total. The van der Waals surface area contributed by atoms with Crippen LogP contribution >= 0.6 is 28.1 Å². The number of hydrogen-bond acceptors (Lipinski definition) is 3. The van der Waals surface area contributed by atoms with Crippen molar-refractivity contribution in [2.45, 2.75) is 0 Å². The number of ether oxygens (including phenoxy) is 1.